The molecule has 11 heteroatoms. The Morgan fingerprint density at radius 1 is 1.00 bits per heavy atom. The summed E-state index contributed by atoms with van der Waals surface area (Å²) in [7, 11) is -4.04. The average Bonchev–Trinajstić information content (AvgIpc) is 2.95. The van der Waals surface area contributed by atoms with Crippen LogP contribution in [-0.4, -0.2) is 56.9 Å². The molecule has 1 atom stereocenters. The number of nitrogens with one attached hydrogen (secondary N) is 3. The molecular formula is C28H28N4O6S. The van der Waals surface area contributed by atoms with Gasteiger partial charge < -0.3 is 15.7 Å². The van der Waals surface area contributed by atoms with E-state index in [2.05, 4.69) is 15.4 Å². The number of sulfonamides is 1. The average molecular weight is 549 g/mol. The quantitative estimate of drug-likeness (QED) is 0.278. The van der Waals surface area contributed by atoms with Crippen LogP contribution in [0.4, 0.5) is 0 Å². The number of hydrogen-bond acceptors (Lipinski definition) is 7. The van der Waals surface area contributed by atoms with E-state index < -0.39 is 45.7 Å². The van der Waals surface area contributed by atoms with E-state index >= 15 is 0 Å². The predicted octanol–water partition coefficient (Wildman–Crippen LogP) is 1.74. The van der Waals surface area contributed by atoms with Gasteiger partial charge in [0.25, 0.3) is 0 Å². The van der Waals surface area contributed by atoms with Crippen molar-refractivity contribution in [2.45, 2.75) is 30.2 Å². The molecule has 1 saturated heterocycles. The number of carboxylic acids is 1. The van der Waals surface area contributed by atoms with Crippen LogP contribution in [0.25, 0.3) is 10.8 Å². The zero-order valence-electron chi connectivity index (χ0n) is 21.0. The Labute approximate surface area is 226 Å². The van der Waals surface area contributed by atoms with Gasteiger partial charge in [0.2, 0.25) is 15.9 Å². The number of carboxylic acid groups (broad SMARTS) is 1. The molecule has 39 heavy (non-hydrogen) atoms. The number of nitriles is 1. The van der Waals surface area contributed by atoms with Crippen molar-refractivity contribution in [3.8, 4) is 6.07 Å². The van der Waals surface area contributed by atoms with E-state index in [-0.39, 0.29) is 24.2 Å². The van der Waals surface area contributed by atoms with Gasteiger partial charge in [-0.3, -0.25) is 14.4 Å². The Morgan fingerprint density at radius 3 is 2.31 bits per heavy atom. The number of carbonyl (C=O) groups is 3. The molecule has 3 aromatic rings. The van der Waals surface area contributed by atoms with Crippen LogP contribution in [0.2, 0.25) is 0 Å². The first-order valence-electron chi connectivity index (χ1n) is 12.4. The molecule has 0 radical (unpaired) electrons. The number of ketones is 1. The fourth-order valence-corrected chi connectivity index (χ4v) is 5.75. The Bertz CT molecular complexity index is 1540. The Hall–Kier alpha value is -4.11. The molecule has 0 spiro atoms. The van der Waals surface area contributed by atoms with Crippen LogP contribution in [0.1, 0.15) is 24.0 Å². The molecule has 0 unspecified atom stereocenters. The molecule has 0 aromatic heterocycles. The van der Waals surface area contributed by atoms with Crippen molar-refractivity contribution in [1.82, 2.24) is 15.4 Å². The molecule has 1 aliphatic rings. The molecule has 4 rings (SSSR count). The molecule has 4 N–H and O–H groups in total. The van der Waals surface area contributed by atoms with Crippen molar-refractivity contribution < 1.29 is 27.9 Å². The third kappa shape index (κ3) is 6.31. The highest BCUT2D eigenvalue weighted by Crippen LogP contribution is 2.32. The van der Waals surface area contributed by atoms with E-state index in [0.717, 1.165) is 10.8 Å². The predicted molar refractivity (Wildman–Crippen MR) is 143 cm³/mol. The standard InChI is InChI=1S/C28H28N4O6S/c29-17-20-7-5-19(6-8-20)15-24(26(34)28(27(35)36)11-13-30-14-12-28)32-25(33)18-31-39(37,38)23-10-9-21-3-1-2-4-22(21)16-23/h1-10,16,24,30-31H,11-15,18H2,(H,32,33)(H,35,36)/t24-/m0/s1. The molecule has 1 aliphatic heterocycles. The molecule has 1 fully saturated rings. The lowest BCUT2D eigenvalue weighted by Gasteiger charge is -2.35. The number of carbonyl (C=O) groups excluding carboxylic acids is 2. The van der Waals surface area contributed by atoms with Crippen LogP contribution in [-0.2, 0) is 30.8 Å². The number of benzene rings is 3. The van der Waals surface area contributed by atoms with Crippen LogP contribution in [0, 0.1) is 16.7 Å². The number of fused-ring (bicyclic) bond motifs is 1. The molecule has 3 aromatic carbocycles. The van der Waals surface area contributed by atoms with E-state index in [1.54, 1.807) is 42.5 Å². The zero-order chi connectivity index (χ0) is 28.0. The normalized spacial score (nSPS) is 15.7. The third-order valence-corrected chi connectivity index (χ3v) is 8.37. The van der Waals surface area contributed by atoms with Crippen molar-refractivity contribution in [3.63, 3.8) is 0 Å². The monoisotopic (exact) mass is 548 g/mol. The van der Waals surface area contributed by atoms with Gasteiger partial charge in [0.1, 0.15) is 5.41 Å². The summed E-state index contributed by atoms with van der Waals surface area (Å²) in [6.45, 7) is 0.0240. The second-order valence-corrected chi connectivity index (χ2v) is 11.2. The summed E-state index contributed by atoms with van der Waals surface area (Å²) < 4.78 is 28.0. The highest BCUT2D eigenvalue weighted by Gasteiger charge is 2.49. The molecule has 0 bridgehead atoms. The molecule has 1 amide bonds. The number of hydrogen-bond donors (Lipinski definition) is 4. The molecule has 202 valence electrons. The first-order chi connectivity index (χ1) is 18.6. The Kier molecular flexibility index (Phi) is 8.40. The lowest BCUT2D eigenvalue weighted by atomic mass is 9.72. The van der Waals surface area contributed by atoms with Crippen LogP contribution >= 0.6 is 0 Å². The number of amides is 1. The van der Waals surface area contributed by atoms with E-state index in [9.17, 15) is 27.9 Å². The summed E-state index contributed by atoms with van der Waals surface area (Å²) in [5, 5.41) is 26.2. The van der Waals surface area contributed by atoms with Crippen LogP contribution in [0.5, 0.6) is 0 Å². The number of rotatable bonds is 10. The van der Waals surface area contributed by atoms with Crippen LogP contribution in [0.15, 0.2) is 71.6 Å². The smallest absolute Gasteiger partial charge is 0.317 e. The van der Waals surface area contributed by atoms with Gasteiger partial charge in [-0.05, 0) is 73.0 Å². The maximum Gasteiger partial charge on any atom is 0.317 e. The van der Waals surface area contributed by atoms with Crippen molar-refractivity contribution in [3.05, 3.63) is 77.9 Å². The minimum Gasteiger partial charge on any atom is -0.480 e. The summed E-state index contributed by atoms with van der Waals surface area (Å²) in [5.74, 6) is -2.68. The lowest BCUT2D eigenvalue weighted by molar-refractivity contribution is -0.158. The molecule has 1 heterocycles. The molecular weight excluding hydrogens is 520 g/mol. The minimum atomic E-state index is -4.04. The Balaban J connectivity index is 1.52. The van der Waals surface area contributed by atoms with Gasteiger partial charge in [0.15, 0.2) is 5.78 Å². The van der Waals surface area contributed by atoms with E-state index in [0.29, 0.717) is 24.2 Å². The summed E-state index contributed by atoms with van der Waals surface area (Å²) in [5.41, 5.74) is -0.659. The summed E-state index contributed by atoms with van der Waals surface area (Å²) >= 11 is 0. The largest absolute Gasteiger partial charge is 0.480 e. The summed E-state index contributed by atoms with van der Waals surface area (Å²) in [4.78, 5) is 38.8. The van der Waals surface area contributed by atoms with Gasteiger partial charge in [-0.2, -0.15) is 5.26 Å². The molecule has 0 aliphatic carbocycles. The van der Waals surface area contributed by atoms with Crippen molar-refractivity contribution in [1.29, 1.82) is 5.26 Å². The lowest BCUT2D eigenvalue weighted by Crippen LogP contribution is -2.56. The summed E-state index contributed by atoms with van der Waals surface area (Å²) in [6, 6.07) is 19.0. The van der Waals surface area contributed by atoms with Gasteiger partial charge in [0, 0.05) is 0 Å². The van der Waals surface area contributed by atoms with Gasteiger partial charge in [-0.1, -0.05) is 42.5 Å². The Morgan fingerprint density at radius 2 is 1.67 bits per heavy atom. The van der Waals surface area contributed by atoms with Gasteiger partial charge in [-0.15, -0.1) is 0 Å². The number of Topliss-reactive ketones (excluding diaryl/α,β-unsaturated/α-hetero) is 1. The first kappa shape index (κ1) is 27.9. The second kappa shape index (κ2) is 11.7. The second-order valence-electron chi connectivity index (χ2n) is 9.47. The van der Waals surface area contributed by atoms with E-state index in [1.807, 2.05) is 18.2 Å². The third-order valence-electron chi connectivity index (χ3n) is 6.97. The number of aliphatic carboxylic acids is 1. The van der Waals surface area contributed by atoms with E-state index in [4.69, 9.17) is 5.26 Å². The van der Waals surface area contributed by atoms with Crippen LogP contribution < -0.4 is 15.4 Å². The maximum absolute atomic E-state index is 13.7. The fraction of sp³-hybridized carbons (Fsp3) is 0.286. The van der Waals surface area contributed by atoms with E-state index in [1.165, 1.54) is 12.1 Å². The summed E-state index contributed by atoms with van der Waals surface area (Å²) in [6.07, 6.45) is 0.112. The SMILES string of the molecule is N#Cc1ccc(C[C@H](NC(=O)CNS(=O)(=O)c2ccc3ccccc3c2)C(=O)C2(C(=O)O)CCNCC2)cc1. The molecule has 0 saturated carbocycles. The first-order valence-corrected chi connectivity index (χ1v) is 13.9. The molecule has 10 nitrogen and oxygen atoms in total. The van der Waals surface area contributed by atoms with Gasteiger partial charge in [-0.25, -0.2) is 13.1 Å². The number of nitrogens with zero attached hydrogens (tertiary/aromatic N) is 1. The highest BCUT2D eigenvalue weighted by molar-refractivity contribution is 7.89. The van der Waals surface area contributed by atoms with Crippen molar-refractivity contribution >= 4 is 38.5 Å². The van der Waals surface area contributed by atoms with Crippen LogP contribution in [0.3, 0.4) is 0 Å². The fourth-order valence-electron chi connectivity index (χ4n) is 4.74. The van der Waals surface area contributed by atoms with Crippen molar-refractivity contribution in [2.24, 2.45) is 5.41 Å². The minimum absolute atomic E-state index is 0.0151. The van der Waals surface area contributed by atoms with Gasteiger partial charge >= 0.3 is 5.97 Å². The zero-order valence-corrected chi connectivity index (χ0v) is 21.8. The van der Waals surface area contributed by atoms with Gasteiger partial charge in [0.05, 0.1) is 29.1 Å². The topological polar surface area (TPSA) is 165 Å². The highest BCUT2D eigenvalue weighted by atomic mass is 32.2. The number of piperidine rings is 1. The van der Waals surface area contributed by atoms with Crippen molar-refractivity contribution in [2.75, 3.05) is 19.6 Å². The maximum atomic E-state index is 13.7.